The van der Waals surface area contributed by atoms with Gasteiger partial charge >= 0.3 is 0 Å². The van der Waals surface area contributed by atoms with Gasteiger partial charge in [0.05, 0.1) is 12.1 Å². The summed E-state index contributed by atoms with van der Waals surface area (Å²) >= 11 is 12.9. The lowest BCUT2D eigenvalue weighted by Crippen LogP contribution is -2.15. The maximum absolute atomic E-state index is 10.7. The molecule has 2 nitrogen and oxygen atoms in total. The number of aliphatic hydroxyl groups is 1. The summed E-state index contributed by atoms with van der Waals surface area (Å²) in [5, 5.41) is 14.9. The van der Waals surface area contributed by atoms with Gasteiger partial charge in [0.25, 0.3) is 0 Å². The molecule has 0 amide bonds. The topological polar surface area (TPSA) is 32.3 Å². The fraction of sp³-hybridized carbons (Fsp3) is 0.143. The monoisotopic (exact) mass is 493 g/mol. The molecule has 3 aromatic carbocycles. The molecule has 0 aromatic heterocycles. The highest BCUT2D eigenvalue weighted by Gasteiger charge is 2.18. The molecule has 134 valence electrons. The van der Waals surface area contributed by atoms with Crippen LogP contribution >= 0.6 is 43.5 Å². The Labute approximate surface area is 175 Å². The summed E-state index contributed by atoms with van der Waals surface area (Å²) in [4.78, 5) is 0. The van der Waals surface area contributed by atoms with Crippen LogP contribution in [0.2, 0.25) is 5.02 Å². The number of aliphatic hydroxyl groups excluding tert-OH is 1. The Bertz CT molecular complexity index is 835. The summed E-state index contributed by atoms with van der Waals surface area (Å²) in [7, 11) is 0. The molecule has 3 aromatic rings. The number of anilines is 1. The van der Waals surface area contributed by atoms with E-state index in [2.05, 4.69) is 49.3 Å². The van der Waals surface area contributed by atoms with Crippen molar-refractivity contribution >= 4 is 49.1 Å². The Morgan fingerprint density at radius 3 is 1.85 bits per heavy atom. The summed E-state index contributed by atoms with van der Waals surface area (Å²) in [6, 6.07) is 23.5. The first-order chi connectivity index (χ1) is 12.5. The van der Waals surface area contributed by atoms with E-state index >= 15 is 0 Å². The molecule has 3 rings (SSSR count). The average Bonchev–Trinajstić information content (AvgIpc) is 2.64. The number of benzene rings is 3. The summed E-state index contributed by atoms with van der Waals surface area (Å²) in [6.45, 7) is 0. The third-order valence-electron chi connectivity index (χ3n) is 4.17. The van der Waals surface area contributed by atoms with Gasteiger partial charge < -0.3 is 10.4 Å². The lowest BCUT2D eigenvalue weighted by atomic mass is 9.96. The predicted molar refractivity (Wildman–Crippen MR) is 116 cm³/mol. The van der Waals surface area contributed by atoms with Crippen LogP contribution in [-0.2, 0) is 0 Å². The van der Waals surface area contributed by atoms with Crippen LogP contribution in [0, 0.1) is 0 Å². The second kappa shape index (κ2) is 9.05. The minimum atomic E-state index is -0.594. The molecule has 0 fully saturated rings. The number of halogens is 3. The van der Waals surface area contributed by atoms with E-state index in [1.807, 2.05) is 48.5 Å². The Balaban J connectivity index is 1.83. The van der Waals surface area contributed by atoms with E-state index in [1.54, 1.807) is 12.1 Å². The van der Waals surface area contributed by atoms with Gasteiger partial charge in [-0.05, 0) is 59.7 Å². The van der Waals surface area contributed by atoms with Crippen LogP contribution in [0.15, 0.2) is 81.7 Å². The molecule has 0 heterocycles. The lowest BCUT2D eigenvalue weighted by Gasteiger charge is -2.24. The predicted octanol–water partition coefficient (Wildman–Crippen LogP) is 7.14. The molecule has 0 saturated heterocycles. The van der Waals surface area contributed by atoms with Gasteiger partial charge in [0.1, 0.15) is 0 Å². The first kappa shape index (κ1) is 19.4. The number of hydrogen-bond donors (Lipinski definition) is 2. The average molecular weight is 496 g/mol. The Morgan fingerprint density at radius 2 is 1.27 bits per heavy atom. The summed E-state index contributed by atoms with van der Waals surface area (Å²) < 4.78 is 2.06. The van der Waals surface area contributed by atoms with Crippen molar-refractivity contribution in [1.82, 2.24) is 0 Å². The van der Waals surface area contributed by atoms with E-state index in [1.165, 1.54) is 0 Å². The van der Waals surface area contributed by atoms with Crippen LogP contribution in [0.25, 0.3) is 0 Å². The third kappa shape index (κ3) is 5.34. The van der Waals surface area contributed by atoms with Crippen molar-refractivity contribution in [2.45, 2.75) is 18.6 Å². The van der Waals surface area contributed by atoms with Crippen molar-refractivity contribution in [2.24, 2.45) is 0 Å². The molecule has 2 atom stereocenters. The fourth-order valence-electron chi connectivity index (χ4n) is 2.77. The SMILES string of the molecule is OC(CC(Nc1ccc(Br)cc1)c1ccc(Br)cc1)c1ccc(Cl)cc1. The zero-order valence-corrected chi connectivity index (χ0v) is 17.8. The normalized spacial score (nSPS) is 13.2. The minimum Gasteiger partial charge on any atom is -0.388 e. The number of hydrogen-bond acceptors (Lipinski definition) is 2. The molecule has 0 aliphatic rings. The van der Waals surface area contributed by atoms with E-state index in [9.17, 15) is 5.11 Å². The summed E-state index contributed by atoms with van der Waals surface area (Å²) in [5.41, 5.74) is 2.97. The summed E-state index contributed by atoms with van der Waals surface area (Å²) in [6.07, 6.45) is -0.0526. The quantitative estimate of drug-likeness (QED) is 0.381. The van der Waals surface area contributed by atoms with Crippen molar-refractivity contribution in [3.05, 3.63) is 97.9 Å². The van der Waals surface area contributed by atoms with Gasteiger partial charge in [-0.25, -0.2) is 0 Å². The van der Waals surface area contributed by atoms with Crippen LogP contribution in [0.4, 0.5) is 5.69 Å². The second-order valence-electron chi connectivity index (χ2n) is 6.06. The van der Waals surface area contributed by atoms with Crippen LogP contribution in [0.3, 0.4) is 0 Å². The van der Waals surface area contributed by atoms with Gasteiger partial charge in [-0.2, -0.15) is 0 Å². The highest BCUT2D eigenvalue weighted by Crippen LogP contribution is 2.31. The van der Waals surface area contributed by atoms with Crippen LogP contribution in [0.5, 0.6) is 0 Å². The largest absolute Gasteiger partial charge is 0.388 e. The highest BCUT2D eigenvalue weighted by atomic mass is 79.9. The van der Waals surface area contributed by atoms with Crippen LogP contribution in [0.1, 0.15) is 29.7 Å². The van der Waals surface area contributed by atoms with E-state index in [4.69, 9.17) is 11.6 Å². The second-order valence-corrected chi connectivity index (χ2v) is 8.33. The van der Waals surface area contributed by atoms with Gasteiger partial charge in [-0.1, -0.05) is 67.7 Å². The Morgan fingerprint density at radius 1 is 0.769 bits per heavy atom. The van der Waals surface area contributed by atoms with Crippen molar-refractivity contribution in [3.8, 4) is 0 Å². The molecule has 2 unspecified atom stereocenters. The summed E-state index contributed by atoms with van der Waals surface area (Å²) in [5.74, 6) is 0. The molecular weight excluding hydrogens is 477 g/mol. The molecule has 0 aliphatic carbocycles. The first-order valence-corrected chi connectivity index (χ1v) is 10.2. The zero-order chi connectivity index (χ0) is 18.5. The van der Waals surface area contributed by atoms with E-state index in [-0.39, 0.29) is 6.04 Å². The van der Waals surface area contributed by atoms with Gasteiger partial charge in [0.2, 0.25) is 0 Å². The van der Waals surface area contributed by atoms with Gasteiger partial charge in [-0.15, -0.1) is 0 Å². The minimum absolute atomic E-state index is 0.0325. The maximum atomic E-state index is 10.7. The molecule has 0 bridgehead atoms. The molecule has 2 N–H and O–H groups in total. The van der Waals surface area contributed by atoms with Crippen LogP contribution in [-0.4, -0.2) is 5.11 Å². The van der Waals surface area contributed by atoms with E-state index in [0.29, 0.717) is 11.4 Å². The molecule has 0 radical (unpaired) electrons. The maximum Gasteiger partial charge on any atom is 0.0813 e. The van der Waals surface area contributed by atoms with Crippen molar-refractivity contribution in [2.75, 3.05) is 5.32 Å². The number of nitrogens with one attached hydrogen (secondary N) is 1. The number of rotatable bonds is 6. The molecule has 0 saturated carbocycles. The van der Waals surface area contributed by atoms with E-state index < -0.39 is 6.10 Å². The van der Waals surface area contributed by atoms with Crippen molar-refractivity contribution in [3.63, 3.8) is 0 Å². The molecule has 26 heavy (non-hydrogen) atoms. The van der Waals surface area contributed by atoms with Gasteiger partial charge in [-0.3, -0.25) is 0 Å². The molecule has 0 aliphatic heterocycles. The smallest absolute Gasteiger partial charge is 0.0813 e. The standard InChI is InChI=1S/C21H18Br2ClNO/c22-16-5-1-14(2-6-16)20(25-19-11-7-17(23)8-12-19)13-21(26)15-3-9-18(24)10-4-15/h1-12,20-21,25-26H,13H2. The van der Waals surface area contributed by atoms with E-state index in [0.717, 1.165) is 25.8 Å². The highest BCUT2D eigenvalue weighted by molar-refractivity contribution is 9.10. The van der Waals surface area contributed by atoms with Crippen molar-refractivity contribution < 1.29 is 5.11 Å². The molecule has 5 heteroatoms. The first-order valence-electron chi connectivity index (χ1n) is 8.22. The fourth-order valence-corrected chi connectivity index (χ4v) is 3.42. The van der Waals surface area contributed by atoms with Gasteiger partial charge in [0.15, 0.2) is 0 Å². The zero-order valence-electron chi connectivity index (χ0n) is 13.9. The van der Waals surface area contributed by atoms with Gasteiger partial charge in [0, 0.05) is 26.1 Å². The molecule has 0 spiro atoms. The van der Waals surface area contributed by atoms with Crippen LogP contribution < -0.4 is 5.32 Å². The Kier molecular flexibility index (Phi) is 6.76. The molecular formula is C21H18Br2ClNO. The van der Waals surface area contributed by atoms with Crippen molar-refractivity contribution in [1.29, 1.82) is 0 Å². The lowest BCUT2D eigenvalue weighted by molar-refractivity contribution is 0.160. The third-order valence-corrected chi connectivity index (χ3v) is 5.48. The Hall–Kier alpha value is -1.33.